The van der Waals surface area contributed by atoms with Crippen molar-refractivity contribution in [1.82, 2.24) is 0 Å². The third kappa shape index (κ3) is 10.9. The lowest BCUT2D eigenvalue weighted by molar-refractivity contribution is -0.128. The molecule has 14 heavy (non-hydrogen) atoms. The van der Waals surface area contributed by atoms with Gasteiger partial charge in [-0.2, -0.15) is 0 Å². The maximum absolute atomic E-state index is 10.4. The van der Waals surface area contributed by atoms with Crippen molar-refractivity contribution in [2.75, 3.05) is 6.61 Å². The molecule has 0 heterocycles. The molecule has 0 aliphatic carbocycles. The van der Waals surface area contributed by atoms with Gasteiger partial charge in [-0.05, 0) is 12.8 Å². The van der Waals surface area contributed by atoms with E-state index in [1.54, 1.807) is 0 Å². The Balaban J connectivity index is 2.92. The molecule has 0 rings (SSSR count). The van der Waals surface area contributed by atoms with Crippen molar-refractivity contribution in [2.45, 2.75) is 44.9 Å². The zero-order valence-electron chi connectivity index (χ0n) is 8.54. The van der Waals surface area contributed by atoms with E-state index in [4.69, 9.17) is 5.73 Å². The van der Waals surface area contributed by atoms with Crippen LogP contribution < -0.4 is 5.73 Å². The van der Waals surface area contributed by atoms with Gasteiger partial charge in [0.05, 0.1) is 6.61 Å². The summed E-state index contributed by atoms with van der Waals surface area (Å²) in [6.45, 7) is 0.998. The van der Waals surface area contributed by atoms with Crippen molar-refractivity contribution in [3.63, 3.8) is 0 Å². The second-order valence-corrected chi connectivity index (χ2v) is 3.30. The van der Waals surface area contributed by atoms with Crippen LogP contribution in [0.15, 0.2) is 0 Å². The smallest absolute Gasteiger partial charge is 0.293 e. The van der Waals surface area contributed by atoms with Crippen LogP contribution in [-0.4, -0.2) is 19.0 Å². The molecule has 4 nitrogen and oxygen atoms in total. The zero-order chi connectivity index (χ0) is 10.6. The number of amides is 1. The summed E-state index contributed by atoms with van der Waals surface area (Å²) in [6.07, 6.45) is 6.68. The van der Waals surface area contributed by atoms with Gasteiger partial charge in [-0.15, -0.1) is 0 Å². The average Bonchev–Trinajstić information content (AvgIpc) is 2.15. The second kappa shape index (κ2) is 10.0. The maximum Gasteiger partial charge on any atom is 0.293 e. The summed E-state index contributed by atoms with van der Waals surface area (Å²) in [6, 6.07) is 0. The van der Waals surface area contributed by atoms with E-state index < -0.39 is 0 Å². The standard InChI is InChI=1S/C10H19NO3/c11-10(13)7-5-3-1-2-4-6-8-14-9-12/h9H,1-8H2,(H2,11,13). The van der Waals surface area contributed by atoms with Crippen molar-refractivity contribution in [2.24, 2.45) is 5.73 Å². The molecule has 0 spiro atoms. The number of primary amides is 1. The number of unbranched alkanes of at least 4 members (excludes halogenated alkanes) is 5. The summed E-state index contributed by atoms with van der Waals surface area (Å²) in [5.41, 5.74) is 5.00. The quantitative estimate of drug-likeness (QED) is 0.428. The van der Waals surface area contributed by atoms with Crippen LogP contribution in [0.5, 0.6) is 0 Å². The average molecular weight is 201 g/mol. The van der Waals surface area contributed by atoms with E-state index in [2.05, 4.69) is 4.74 Å². The normalized spacial score (nSPS) is 9.71. The van der Waals surface area contributed by atoms with E-state index in [9.17, 15) is 9.59 Å². The molecule has 0 bridgehead atoms. The molecular weight excluding hydrogens is 182 g/mol. The topological polar surface area (TPSA) is 69.4 Å². The molecule has 4 heteroatoms. The van der Waals surface area contributed by atoms with Crippen molar-refractivity contribution in [1.29, 1.82) is 0 Å². The van der Waals surface area contributed by atoms with E-state index in [1.807, 2.05) is 0 Å². The zero-order valence-corrected chi connectivity index (χ0v) is 8.54. The minimum Gasteiger partial charge on any atom is -0.468 e. The molecule has 0 aromatic rings. The lowest BCUT2D eigenvalue weighted by atomic mass is 10.1. The van der Waals surface area contributed by atoms with E-state index >= 15 is 0 Å². The van der Waals surface area contributed by atoms with Gasteiger partial charge in [0.15, 0.2) is 0 Å². The second-order valence-electron chi connectivity index (χ2n) is 3.30. The van der Waals surface area contributed by atoms with E-state index in [0.717, 1.165) is 38.5 Å². The first-order chi connectivity index (χ1) is 6.77. The Labute approximate surface area is 84.8 Å². The number of hydrogen-bond donors (Lipinski definition) is 1. The third-order valence-corrected chi connectivity index (χ3v) is 2.00. The number of carbonyl (C=O) groups is 2. The number of rotatable bonds is 10. The molecule has 0 aromatic carbocycles. The fourth-order valence-electron chi connectivity index (χ4n) is 1.24. The summed E-state index contributed by atoms with van der Waals surface area (Å²) >= 11 is 0. The van der Waals surface area contributed by atoms with E-state index in [1.165, 1.54) is 0 Å². The van der Waals surface area contributed by atoms with Gasteiger partial charge in [0.25, 0.3) is 6.47 Å². The molecule has 82 valence electrons. The fourth-order valence-corrected chi connectivity index (χ4v) is 1.24. The largest absolute Gasteiger partial charge is 0.468 e. The number of ether oxygens (including phenoxy) is 1. The lowest BCUT2D eigenvalue weighted by Crippen LogP contribution is -2.09. The van der Waals surface area contributed by atoms with Crippen molar-refractivity contribution < 1.29 is 14.3 Å². The predicted octanol–water partition coefficient (Wildman–Crippen LogP) is 1.38. The van der Waals surface area contributed by atoms with E-state index in [0.29, 0.717) is 19.5 Å². The summed E-state index contributed by atoms with van der Waals surface area (Å²) in [5, 5.41) is 0. The Morgan fingerprint density at radius 2 is 1.64 bits per heavy atom. The number of carbonyl (C=O) groups excluding carboxylic acids is 2. The van der Waals surface area contributed by atoms with Crippen molar-refractivity contribution in [3.8, 4) is 0 Å². The molecule has 0 unspecified atom stereocenters. The highest BCUT2D eigenvalue weighted by Crippen LogP contribution is 2.06. The first kappa shape index (κ1) is 12.9. The molecule has 2 N–H and O–H groups in total. The Hall–Kier alpha value is -1.06. The van der Waals surface area contributed by atoms with Gasteiger partial charge in [0.1, 0.15) is 0 Å². The number of hydrogen-bond acceptors (Lipinski definition) is 3. The highest BCUT2D eigenvalue weighted by atomic mass is 16.5. The van der Waals surface area contributed by atoms with Crippen molar-refractivity contribution >= 4 is 12.4 Å². The molecule has 0 aliphatic rings. The molecule has 0 aliphatic heterocycles. The number of nitrogens with two attached hydrogens (primary N) is 1. The maximum atomic E-state index is 10.4. The van der Waals surface area contributed by atoms with Gasteiger partial charge in [-0.1, -0.05) is 25.7 Å². The van der Waals surface area contributed by atoms with Crippen LogP contribution in [-0.2, 0) is 14.3 Å². The first-order valence-corrected chi connectivity index (χ1v) is 5.11. The third-order valence-electron chi connectivity index (χ3n) is 2.00. The first-order valence-electron chi connectivity index (χ1n) is 5.11. The fraction of sp³-hybridized carbons (Fsp3) is 0.800. The van der Waals surface area contributed by atoms with Crippen LogP contribution in [0, 0.1) is 0 Å². The van der Waals surface area contributed by atoms with Crippen molar-refractivity contribution in [3.05, 3.63) is 0 Å². The summed E-state index contributed by atoms with van der Waals surface area (Å²) in [4.78, 5) is 20.2. The molecule has 0 fully saturated rings. The minimum absolute atomic E-state index is 0.218. The van der Waals surface area contributed by atoms with Gasteiger partial charge in [-0.25, -0.2) is 0 Å². The summed E-state index contributed by atoms with van der Waals surface area (Å²) in [5.74, 6) is -0.218. The summed E-state index contributed by atoms with van der Waals surface area (Å²) < 4.78 is 4.55. The lowest BCUT2D eigenvalue weighted by Gasteiger charge is -2.00. The van der Waals surface area contributed by atoms with Gasteiger partial charge in [-0.3, -0.25) is 9.59 Å². The van der Waals surface area contributed by atoms with Gasteiger partial charge >= 0.3 is 0 Å². The Morgan fingerprint density at radius 1 is 1.07 bits per heavy atom. The minimum atomic E-state index is -0.218. The highest BCUT2D eigenvalue weighted by molar-refractivity contribution is 5.73. The highest BCUT2D eigenvalue weighted by Gasteiger charge is 1.94. The monoisotopic (exact) mass is 201 g/mol. The Bertz CT molecular complexity index is 159. The van der Waals surface area contributed by atoms with Crippen LogP contribution >= 0.6 is 0 Å². The SMILES string of the molecule is NC(=O)CCCCCCCCOC=O. The summed E-state index contributed by atoms with van der Waals surface area (Å²) in [7, 11) is 0. The van der Waals surface area contributed by atoms with Crippen LogP contribution in [0.4, 0.5) is 0 Å². The Kier molecular flexibility index (Phi) is 9.26. The van der Waals surface area contributed by atoms with Gasteiger partial charge < -0.3 is 10.5 Å². The van der Waals surface area contributed by atoms with Crippen LogP contribution in [0.25, 0.3) is 0 Å². The molecule has 0 saturated carbocycles. The molecular formula is C10H19NO3. The van der Waals surface area contributed by atoms with Crippen LogP contribution in [0.2, 0.25) is 0 Å². The van der Waals surface area contributed by atoms with E-state index in [-0.39, 0.29) is 5.91 Å². The van der Waals surface area contributed by atoms with Crippen LogP contribution in [0.3, 0.4) is 0 Å². The molecule has 0 saturated heterocycles. The Morgan fingerprint density at radius 3 is 2.21 bits per heavy atom. The van der Waals surface area contributed by atoms with Crippen LogP contribution in [0.1, 0.15) is 44.9 Å². The molecule has 1 amide bonds. The van der Waals surface area contributed by atoms with Gasteiger partial charge in [0, 0.05) is 6.42 Å². The van der Waals surface area contributed by atoms with Gasteiger partial charge in [0.2, 0.25) is 5.91 Å². The molecule has 0 aromatic heterocycles. The molecule has 0 radical (unpaired) electrons. The molecule has 0 atom stereocenters. The predicted molar refractivity (Wildman–Crippen MR) is 53.5 cm³/mol.